The van der Waals surface area contributed by atoms with Gasteiger partial charge in [-0.05, 0) is 82.1 Å². The number of aliphatic carboxylic acids is 2. The quantitative estimate of drug-likeness (QED) is 0.0350. The van der Waals surface area contributed by atoms with Gasteiger partial charge in [0.15, 0.2) is 5.96 Å². The molecule has 0 saturated carbocycles. The molecule has 23 heteroatoms. The number of guanidine groups is 1. The van der Waals surface area contributed by atoms with Gasteiger partial charge in [-0.2, -0.15) is 0 Å². The van der Waals surface area contributed by atoms with Crippen LogP contribution in [-0.4, -0.2) is 143 Å². The van der Waals surface area contributed by atoms with Crippen molar-refractivity contribution in [2.75, 3.05) is 20.7 Å². The molecule has 13 N–H and O–H groups in total. The third-order valence-electron chi connectivity index (χ3n) is 13.1. The maximum atomic E-state index is 14.5. The van der Waals surface area contributed by atoms with Crippen molar-refractivity contribution in [3.8, 4) is 5.75 Å². The fourth-order valence-electron chi connectivity index (χ4n) is 8.20. The van der Waals surface area contributed by atoms with Crippen molar-refractivity contribution in [2.45, 2.75) is 128 Å². The summed E-state index contributed by atoms with van der Waals surface area (Å²) in [6, 6.07) is 6.98. The number of methoxy groups -OCH3 is 1. The number of likely N-dealkylation sites (N-methyl/N-ethyl adjacent to an activating group) is 1. The van der Waals surface area contributed by atoms with Crippen LogP contribution in [-0.2, 0) is 60.7 Å². The van der Waals surface area contributed by atoms with E-state index < -0.39 is 120 Å². The van der Waals surface area contributed by atoms with E-state index in [0.717, 1.165) is 16.0 Å². The molecular weight excluding hydrogens is 997 g/mol. The first kappa shape index (κ1) is 63.2. The number of ether oxygens (including phenoxy) is 1. The molecule has 0 aliphatic carbocycles. The molecule has 0 aromatic heterocycles. The van der Waals surface area contributed by atoms with Gasteiger partial charge in [-0.25, -0.2) is 9.59 Å². The van der Waals surface area contributed by atoms with Gasteiger partial charge < -0.3 is 68.3 Å². The van der Waals surface area contributed by atoms with Crippen molar-refractivity contribution < 1.29 is 63.2 Å². The molecule has 1 saturated heterocycles. The third-order valence-corrected chi connectivity index (χ3v) is 13.1. The number of hydrogen-bond donors (Lipinski definition) is 11. The van der Waals surface area contributed by atoms with E-state index in [1.54, 1.807) is 32.2 Å². The van der Waals surface area contributed by atoms with Crippen LogP contribution >= 0.6 is 0 Å². The summed E-state index contributed by atoms with van der Waals surface area (Å²) < 4.78 is 5.82. The molecule has 0 bridgehead atoms. The Morgan fingerprint density at radius 3 is 1.99 bits per heavy atom. The predicted molar refractivity (Wildman–Crippen MR) is 286 cm³/mol. The normalized spacial score (nSPS) is 24.1. The first-order chi connectivity index (χ1) is 36.3. The molecule has 7 amide bonds. The highest BCUT2D eigenvalue weighted by Crippen LogP contribution is 2.19. The van der Waals surface area contributed by atoms with Crippen LogP contribution in [0.2, 0.25) is 0 Å². The Hall–Kier alpha value is -8.08. The minimum absolute atomic E-state index is 0.00747. The number of rotatable bonds is 17. The smallest absolute Gasteiger partial charge is 0.327 e. The zero-order valence-electron chi connectivity index (χ0n) is 44.7. The van der Waals surface area contributed by atoms with Gasteiger partial charge in [0.1, 0.15) is 41.7 Å². The number of aryl methyl sites for hydroxylation is 1. The van der Waals surface area contributed by atoms with E-state index in [4.69, 9.17) is 16.2 Å². The molecule has 3 rings (SSSR count). The summed E-state index contributed by atoms with van der Waals surface area (Å²) in [4.78, 5) is 127. The average molecular weight is 1070 g/mol. The number of carbonyl (C=O) groups excluding carboxylic acids is 7. The SMILES string of the molecule is C=C1C(=O)N[C@H](C)C(=O)N[C@@H](CCCc2ccc(O)cc2)C(=O)N[C@@H](C(=O)O)[C@H](C)C(=O)N[C@@H](CCCN=C(N)N)C(=O)N[C@@H](/C=C/C(C)=C/[C@H](C)[C@H](Cc2ccccc2)OC)[C@H](C)C(=O)N[C@@H](C(=O)O)CCC(=O)N1C. The fraction of sp³-hybridized carbons (Fsp3) is 0.481. The number of phenolic OH excluding ortho intramolecular Hbond substituents is 1. The van der Waals surface area contributed by atoms with Gasteiger partial charge in [0, 0.05) is 33.0 Å². The average Bonchev–Trinajstić information content (AvgIpc) is 3.38. The molecule has 420 valence electrons. The molecule has 2 aromatic rings. The molecule has 0 radical (unpaired) electrons. The molecule has 0 spiro atoms. The van der Waals surface area contributed by atoms with E-state index in [1.807, 2.05) is 43.3 Å². The molecule has 0 unspecified atom stereocenters. The summed E-state index contributed by atoms with van der Waals surface area (Å²) in [5.41, 5.74) is 13.2. The van der Waals surface area contributed by atoms with Crippen LogP contribution in [0.4, 0.5) is 0 Å². The van der Waals surface area contributed by atoms with Crippen LogP contribution in [0.3, 0.4) is 0 Å². The number of phenols is 1. The predicted octanol–water partition coefficient (Wildman–Crippen LogP) is 1.30. The Morgan fingerprint density at radius 2 is 1.39 bits per heavy atom. The van der Waals surface area contributed by atoms with E-state index in [0.29, 0.717) is 18.4 Å². The number of nitrogens with two attached hydrogens (primary N) is 2. The second-order valence-corrected chi connectivity index (χ2v) is 19.2. The number of hydrogen-bond acceptors (Lipinski definition) is 12. The fourth-order valence-corrected chi connectivity index (χ4v) is 8.20. The van der Waals surface area contributed by atoms with Crippen molar-refractivity contribution >= 4 is 59.2 Å². The molecule has 2 aromatic carbocycles. The van der Waals surface area contributed by atoms with Gasteiger partial charge >= 0.3 is 11.9 Å². The maximum absolute atomic E-state index is 14.5. The molecule has 10 atom stereocenters. The molecule has 23 nitrogen and oxygen atoms in total. The number of carboxylic acids is 2. The number of aromatic hydroxyl groups is 1. The lowest BCUT2D eigenvalue weighted by Gasteiger charge is -2.28. The summed E-state index contributed by atoms with van der Waals surface area (Å²) in [5.74, 6) is -12.6. The maximum Gasteiger partial charge on any atom is 0.327 e. The summed E-state index contributed by atoms with van der Waals surface area (Å²) in [6.45, 7) is 11.3. The van der Waals surface area contributed by atoms with Crippen LogP contribution in [0.25, 0.3) is 0 Å². The Labute approximate surface area is 448 Å². The largest absolute Gasteiger partial charge is 0.508 e. The Kier molecular flexibility index (Phi) is 25.5. The van der Waals surface area contributed by atoms with Gasteiger partial charge in [0.05, 0.1) is 24.0 Å². The Bertz CT molecular complexity index is 2500. The number of amides is 7. The van der Waals surface area contributed by atoms with Gasteiger partial charge in [0.2, 0.25) is 35.4 Å². The zero-order valence-corrected chi connectivity index (χ0v) is 44.7. The summed E-state index contributed by atoms with van der Waals surface area (Å²) >= 11 is 0. The van der Waals surface area contributed by atoms with E-state index in [9.17, 15) is 58.5 Å². The number of allylic oxidation sites excluding steroid dienone is 2. The number of benzene rings is 2. The molecular formula is C54H76N10O13. The van der Waals surface area contributed by atoms with Crippen LogP contribution < -0.4 is 43.4 Å². The van der Waals surface area contributed by atoms with Crippen molar-refractivity contribution in [3.05, 3.63) is 102 Å². The lowest BCUT2D eigenvalue weighted by Crippen LogP contribution is -2.59. The second kappa shape index (κ2) is 31.1. The summed E-state index contributed by atoms with van der Waals surface area (Å²) in [5, 5.41) is 45.5. The van der Waals surface area contributed by atoms with Crippen LogP contribution in [0.5, 0.6) is 5.75 Å². The number of carboxylic acid groups (broad SMARTS) is 2. The standard InChI is InChI=1S/C54H76N10O13/c1-30(28-31(2)43(77-8)29-37-14-10-9-11-15-37)19-24-39-32(3)46(67)62-42(52(73)74)25-26-44(66)64(7)35(6)49(70)58-34(5)48(69)61-40(17-12-16-36-20-22-38(65)23-21-36)51(72)63-45(53(75)76)33(4)47(68)60-41(50(71)59-39)18-13-27-57-54(55)56/h9-11,14-15,19-24,28,31-34,39-43,45,65H,6,12-13,16-18,25-27,29H2,1-5,7-8H3,(H,58,70)(H,59,71)(H,60,68)(H,61,69)(H,62,67)(H,63,72)(H,73,74)(H,75,76)(H4,55,56,57)/b24-19+,30-28+/t31-,32-,33-,34+,39-,40-,41-,42+,43-,45+/m0/s1. The number of nitrogens with zero attached hydrogens (tertiary/aromatic N) is 2. The highest BCUT2D eigenvalue weighted by Gasteiger charge is 2.37. The summed E-state index contributed by atoms with van der Waals surface area (Å²) in [6.07, 6.45) is 5.04. The minimum Gasteiger partial charge on any atom is -0.508 e. The van der Waals surface area contributed by atoms with Gasteiger partial charge in [-0.15, -0.1) is 0 Å². The van der Waals surface area contributed by atoms with Crippen molar-refractivity contribution in [2.24, 2.45) is 34.2 Å². The van der Waals surface area contributed by atoms with E-state index in [-0.39, 0.29) is 56.0 Å². The van der Waals surface area contributed by atoms with Crippen molar-refractivity contribution in [1.82, 2.24) is 36.8 Å². The van der Waals surface area contributed by atoms with Crippen molar-refractivity contribution in [3.63, 3.8) is 0 Å². The van der Waals surface area contributed by atoms with Gasteiger partial charge in [-0.1, -0.05) is 93.6 Å². The second-order valence-electron chi connectivity index (χ2n) is 19.2. The first-order valence-corrected chi connectivity index (χ1v) is 25.3. The highest BCUT2D eigenvalue weighted by molar-refractivity contribution is 6.00. The minimum atomic E-state index is -1.93. The van der Waals surface area contributed by atoms with E-state index >= 15 is 0 Å². The monoisotopic (exact) mass is 1070 g/mol. The van der Waals surface area contributed by atoms with Crippen LogP contribution in [0.1, 0.15) is 84.3 Å². The Balaban J connectivity index is 2.12. The molecule has 1 aliphatic rings. The lowest BCUT2D eigenvalue weighted by atomic mass is 9.94. The number of aliphatic imine (C=N–C) groups is 1. The zero-order chi connectivity index (χ0) is 57.5. The van der Waals surface area contributed by atoms with E-state index in [2.05, 4.69) is 43.5 Å². The van der Waals surface area contributed by atoms with Crippen molar-refractivity contribution in [1.29, 1.82) is 0 Å². The van der Waals surface area contributed by atoms with Gasteiger partial charge in [0.25, 0.3) is 5.91 Å². The molecule has 1 fully saturated rings. The highest BCUT2D eigenvalue weighted by atomic mass is 16.5. The summed E-state index contributed by atoms with van der Waals surface area (Å²) in [7, 11) is 2.81. The molecule has 1 heterocycles. The van der Waals surface area contributed by atoms with Crippen LogP contribution in [0, 0.1) is 17.8 Å². The van der Waals surface area contributed by atoms with Crippen LogP contribution in [0.15, 0.2) is 95.7 Å². The number of nitrogens with one attached hydrogen (secondary N) is 6. The third kappa shape index (κ3) is 20.9. The lowest BCUT2D eigenvalue weighted by molar-refractivity contribution is -0.146. The number of carbonyl (C=O) groups is 9. The topological polar surface area (TPSA) is 363 Å². The molecule has 77 heavy (non-hydrogen) atoms. The first-order valence-electron chi connectivity index (χ1n) is 25.3. The Morgan fingerprint density at radius 1 is 0.792 bits per heavy atom. The van der Waals surface area contributed by atoms with E-state index in [1.165, 1.54) is 46.0 Å². The molecule has 1 aliphatic heterocycles. The van der Waals surface area contributed by atoms with Gasteiger partial charge in [-0.3, -0.25) is 38.6 Å².